The van der Waals surface area contributed by atoms with Crippen LogP contribution in [0.25, 0.3) is 0 Å². The van der Waals surface area contributed by atoms with Crippen molar-refractivity contribution in [1.29, 1.82) is 0 Å². The molecule has 0 amide bonds. The van der Waals surface area contributed by atoms with E-state index in [0.29, 0.717) is 0 Å². The fraction of sp³-hybridized carbons (Fsp3) is 0.143. The number of hydrogen-bond donors (Lipinski definition) is 0. The molecule has 0 saturated carbocycles. The largest absolute Gasteiger partial charge is 0.768 e. The topological polar surface area (TPSA) is 95.9 Å². The summed E-state index contributed by atoms with van der Waals surface area (Å²) in [5, 5.41) is 1.27. The highest BCUT2D eigenvalue weighted by Crippen LogP contribution is 2.32. The molecule has 15 heavy (non-hydrogen) atoms. The van der Waals surface area contributed by atoms with Crippen molar-refractivity contribution in [2.24, 2.45) is 4.99 Å². The van der Waals surface area contributed by atoms with Crippen molar-refractivity contribution >= 4 is 40.2 Å². The highest BCUT2D eigenvalue weighted by atomic mass is 32.2. The fourth-order valence-corrected chi connectivity index (χ4v) is 2.58. The lowest BCUT2D eigenvalue weighted by molar-refractivity contribution is 0.0602. The number of thiophene rings is 1. The Balaban J connectivity index is 3.36. The van der Waals surface area contributed by atoms with Gasteiger partial charge in [0.25, 0.3) is 0 Å². The van der Waals surface area contributed by atoms with Gasteiger partial charge in [-0.3, -0.25) is 4.21 Å². The molecular formula is C7H4NO5S2-. The van der Waals surface area contributed by atoms with Gasteiger partial charge in [0.15, 0.2) is 0 Å². The summed E-state index contributed by atoms with van der Waals surface area (Å²) in [6, 6.07) is 0. The molecule has 0 aliphatic rings. The number of aliphatic imine (C=N–C) groups is 1. The third-order valence-electron chi connectivity index (χ3n) is 1.43. The number of ether oxygens (including phenoxy) is 1. The average molecular weight is 246 g/mol. The predicted molar refractivity (Wildman–Crippen MR) is 50.6 cm³/mol. The van der Waals surface area contributed by atoms with E-state index in [-0.39, 0.29) is 15.5 Å². The van der Waals surface area contributed by atoms with E-state index < -0.39 is 17.0 Å². The molecule has 0 N–H and O–H groups in total. The Bertz CT molecular complexity index is 460. The van der Waals surface area contributed by atoms with E-state index in [1.54, 1.807) is 0 Å². The van der Waals surface area contributed by atoms with E-state index in [2.05, 4.69) is 9.73 Å². The first-order chi connectivity index (χ1) is 7.11. The molecule has 0 aliphatic heterocycles. The lowest BCUT2D eigenvalue weighted by Crippen LogP contribution is -2.03. The predicted octanol–water partition coefficient (Wildman–Crippen LogP) is 0.740. The van der Waals surface area contributed by atoms with Crippen molar-refractivity contribution in [2.45, 2.75) is 4.90 Å². The highest BCUT2D eigenvalue weighted by Gasteiger charge is 2.19. The summed E-state index contributed by atoms with van der Waals surface area (Å²) in [5.41, 5.74) is -0.108. The number of carbonyl (C=O) groups is 1. The molecular weight excluding hydrogens is 242 g/mol. The van der Waals surface area contributed by atoms with E-state index in [1.165, 1.54) is 11.5 Å². The van der Waals surface area contributed by atoms with Crippen LogP contribution >= 0.6 is 11.3 Å². The second-order valence-corrected chi connectivity index (χ2v) is 3.97. The summed E-state index contributed by atoms with van der Waals surface area (Å²) < 4.78 is 26.0. The van der Waals surface area contributed by atoms with Gasteiger partial charge in [0.2, 0.25) is 6.08 Å². The van der Waals surface area contributed by atoms with Gasteiger partial charge in [-0.15, -0.1) is 11.3 Å². The maximum absolute atomic E-state index is 11.1. The summed E-state index contributed by atoms with van der Waals surface area (Å²) in [6.07, 6.45) is 1.21. The minimum atomic E-state index is -2.66. The summed E-state index contributed by atoms with van der Waals surface area (Å²) in [6.45, 7) is 0. The number of hydrogen-bond acceptors (Lipinski definition) is 7. The lowest BCUT2D eigenvalue weighted by Gasteiger charge is -2.05. The maximum Gasteiger partial charge on any atom is 0.349 e. The van der Waals surface area contributed by atoms with Gasteiger partial charge in [-0.1, -0.05) is 0 Å². The number of methoxy groups -OCH3 is 1. The highest BCUT2D eigenvalue weighted by molar-refractivity contribution is 7.79. The Hall–Kier alpha value is -1.34. The Morgan fingerprint density at radius 1 is 1.73 bits per heavy atom. The third-order valence-corrected chi connectivity index (χ3v) is 3.25. The molecule has 1 aromatic heterocycles. The molecule has 1 atom stereocenters. The van der Waals surface area contributed by atoms with E-state index in [0.717, 1.165) is 18.4 Å². The molecule has 0 aliphatic carbocycles. The van der Waals surface area contributed by atoms with Gasteiger partial charge < -0.3 is 9.29 Å². The molecule has 0 saturated heterocycles. The van der Waals surface area contributed by atoms with E-state index in [1.807, 2.05) is 0 Å². The van der Waals surface area contributed by atoms with E-state index in [4.69, 9.17) is 0 Å². The number of esters is 1. The van der Waals surface area contributed by atoms with E-state index in [9.17, 15) is 18.4 Å². The fourth-order valence-electron chi connectivity index (χ4n) is 0.859. The Kier molecular flexibility index (Phi) is 3.87. The van der Waals surface area contributed by atoms with Crippen molar-refractivity contribution in [2.75, 3.05) is 7.11 Å². The summed E-state index contributed by atoms with van der Waals surface area (Å²) in [5.74, 6) is -0.786. The zero-order valence-electron chi connectivity index (χ0n) is 7.38. The Morgan fingerprint density at radius 3 is 2.87 bits per heavy atom. The molecule has 1 rings (SSSR count). The molecule has 0 spiro atoms. The van der Waals surface area contributed by atoms with Crippen LogP contribution in [0.2, 0.25) is 0 Å². The summed E-state index contributed by atoms with van der Waals surface area (Å²) in [7, 11) is 1.13. The van der Waals surface area contributed by atoms with Crippen molar-refractivity contribution in [3.05, 3.63) is 10.3 Å². The molecule has 1 unspecified atom stereocenters. The first kappa shape index (κ1) is 11.7. The minimum absolute atomic E-state index is 0.108. The molecule has 8 heteroatoms. The number of isocyanates is 1. The quantitative estimate of drug-likeness (QED) is 0.339. The van der Waals surface area contributed by atoms with Gasteiger partial charge in [-0.25, -0.2) is 9.59 Å². The van der Waals surface area contributed by atoms with Crippen molar-refractivity contribution < 1.29 is 23.1 Å². The summed E-state index contributed by atoms with van der Waals surface area (Å²) in [4.78, 5) is 23.8. The van der Waals surface area contributed by atoms with Gasteiger partial charge >= 0.3 is 5.97 Å². The van der Waals surface area contributed by atoms with Crippen molar-refractivity contribution in [1.82, 2.24) is 0 Å². The van der Waals surface area contributed by atoms with Crippen LogP contribution in [-0.2, 0) is 20.6 Å². The molecule has 0 aromatic carbocycles. The van der Waals surface area contributed by atoms with Gasteiger partial charge in [-0.05, 0) is 11.1 Å². The molecule has 0 fully saturated rings. The number of rotatable bonds is 3. The third kappa shape index (κ3) is 2.37. The standard InChI is InChI=1S/C7H5NO5S2/c1-13-7(10)5-6(15(11)12)4(2-14-5)8-3-9/h2H,1H3,(H,11,12)/p-1. The normalized spacial score (nSPS) is 11.6. The maximum atomic E-state index is 11.1. The molecule has 6 nitrogen and oxygen atoms in total. The number of carbonyl (C=O) groups excluding carboxylic acids is 2. The molecule has 0 bridgehead atoms. The zero-order chi connectivity index (χ0) is 11.4. The van der Waals surface area contributed by atoms with Crippen LogP contribution in [0.4, 0.5) is 5.69 Å². The van der Waals surface area contributed by atoms with Crippen molar-refractivity contribution in [3.63, 3.8) is 0 Å². The van der Waals surface area contributed by atoms with Gasteiger partial charge in [0.05, 0.1) is 12.0 Å². The Labute approximate surface area is 90.9 Å². The summed E-state index contributed by atoms with van der Waals surface area (Å²) >= 11 is -1.82. The van der Waals surface area contributed by atoms with Crippen LogP contribution in [0.5, 0.6) is 0 Å². The monoisotopic (exact) mass is 246 g/mol. The minimum Gasteiger partial charge on any atom is -0.768 e. The smallest absolute Gasteiger partial charge is 0.349 e. The van der Waals surface area contributed by atoms with Crippen LogP contribution in [0.3, 0.4) is 0 Å². The lowest BCUT2D eigenvalue weighted by atomic mass is 10.4. The van der Waals surface area contributed by atoms with Gasteiger partial charge in [-0.2, -0.15) is 4.99 Å². The first-order valence-electron chi connectivity index (χ1n) is 3.48. The molecule has 1 heterocycles. The van der Waals surface area contributed by atoms with Crippen LogP contribution in [-0.4, -0.2) is 27.9 Å². The second kappa shape index (κ2) is 4.94. The van der Waals surface area contributed by atoms with Gasteiger partial charge in [0.1, 0.15) is 10.6 Å². The number of nitrogens with zero attached hydrogens (tertiary/aromatic N) is 1. The van der Waals surface area contributed by atoms with Crippen LogP contribution in [0.1, 0.15) is 9.67 Å². The van der Waals surface area contributed by atoms with Crippen LogP contribution in [0, 0.1) is 0 Å². The van der Waals surface area contributed by atoms with Gasteiger partial charge in [0, 0.05) is 5.38 Å². The molecule has 1 aromatic rings. The van der Waals surface area contributed by atoms with E-state index >= 15 is 0 Å². The molecule has 80 valence electrons. The van der Waals surface area contributed by atoms with Crippen LogP contribution < -0.4 is 0 Å². The first-order valence-corrected chi connectivity index (χ1v) is 5.44. The average Bonchev–Trinajstić information content (AvgIpc) is 2.61. The zero-order valence-corrected chi connectivity index (χ0v) is 9.02. The molecule has 0 radical (unpaired) electrons. The van der Waals surface area contributed by atoms with Crippen LogP contribution in [0.15, 0.2) is 15.3 Å². The van der Waals surface area contributed by atoms with Crippen molar-refractivity contribution in [3.8, 4) is 0 Å². The SMILES string of the molecule is COC(=O)c1scc(N=C=O)c1S(=O)[O-]. The second-order valence-electron chi connectivity index (χ2n) is 2.21. The Morgan fingerprint density at radius 2 is 2.40 bits per heavy atom.